The molecule has 2 atom stereocenters. The molecule has 0 aromatic heterocycles. The molecule has 0 radical (unpaired) electrons. The van der Waals surface area contributed by atoms with Gasteiger partial charge in [-0.1, -0.05) is 86.6 Å². The van der Waals surface area contributed by atoms with E-state index < -0.39 is 0 Å². The van der Waals surface area contributed by atoms with Crippen molar-refractivity contribution in [3.8, 4) is 11.1 Å². The zero-order valence-electron chi connectivity index (χ0n) is 18.0. The maximum absolute atomic E-state index is 13.4. The van der Waals surface area contributed by atoms with Crippen LogP contribution in [0, 0.1) is 11.8 Å². The van der Waals surface area contributed by atoms with E-state index in [9.17, 15) is 4.79 Å². The maximum Gasteiger partial charge on any atom is 0.230 e. The van der Waals surface area contributed by atoms with E-state index in [1.165, 1.54) is 16.7 Å². The van der Waals surface area contributed by atoms with Gasteiger partial charge < -0.3 is 4.90 Å². The topological polar surface area (TPSA) is 20.3 Å². The van der Waals surface area contributed by atoms with Gasteiger partial charge in [-0.15, -0.1) is 0 Å². The Hall–Kier alpha value is -2.87. The number of hydrogen-bond acceptors (Lipinski definition) is 1. The van der Waals surface area contributed by atoms with Crippen LogP contribution in [0.4, 0.5) is 5.69 Å². The van der Waals surface area contributed by atoms with Gasteiger partial charge in [0, 0.05) is 18.2 Å². The van der Waals surface area contributed by atoms with Crippen molar-refractivity contribution in [3.63, 3.8) is 0 Å². The Labute approximate surface area is 180 Å². The summed E-state index contributed by atoms with van der Waals surface area (Å²) in [5.74, 6) is 1.41. The van der Waals surface area contributed by atoms with Crippen LogP contribution in [-0.4, -0.2) is 12.5 Å². The normalized spacial score (nSPS) is 17.7. The Balaban J connectivity index is 1.52. The van der Waals surface area contributed by atoms with Crippen LogP contribution in [-0.2, 0) is 4.79 Å². The van der Waals surface area contributed by atoms with Crippen LogP contribution in [0.1, 0.15) is 44.6 Å². The molecule has 154 valence electrons. The standard InChI is InChI=1S/C28H31NO/c1-21(2)10-9-19-29(28(30)27-20-26(27)24-13-7-4-8-14-24)25-17-15-23(16-18-25)22-11-5-3-6-12-22/h3-8,11-18,21,26-27H,9-10,19-20H2,1-2H3/t26-,27+/m0/s1. The minimum absolute atomic E-state index is 0.111. The quantitative estimate of drug-likeness (QED) is 0.404. The van der Waals surface area contributed by atoms with Crippen molar-refractivity contribution in [2.75, 3.05) is 11.4 Å². The van der Waals surface area contributed by atoms with Gasteiger partial charge in [0.15, 0.2) is 0 Å². The SMILES string of the molecule is CC(C)CCCN(C(=O)[C@@H]1C[C@H]1c1ccccc1)c1ccc(-c2ccccc2)cc1. The molecule has 0 heterocycles. The van der Waals surface area contributed by atoms with Gasteiger partial charge in [-0.25, -0.2) is 0 Å². The van der Waals surface area contributed by atoms with Gasteiger partial charge >= 0.3 is 0 Å². The molecule has 1 aliphatic carbocycles. The van der Waals surface area contributed by atoms with Crippen LogP contribution in [0.3, 0.4) is 0 Å². The lowest BCUT2D eigenvalue weighted by atomic mass is 10.0. The number of nitrogens with zero attached hydrogens (tertiary/aromatic N) is 1. The molecule has 2 heteroatoms. The molecule has 0 spiro atoms. The predicted molar refractivity (Wildman–Crippen MR) is 126 cm³/mol. The van der Waals surface area contributed by atoms with Crippen molar-refractivity contribution in [1.82, 2.24) is 0 Å². The average molecular weight is 398 g/mol. The zero-order valence-corrected chi connectivity index (χ0v) is 18.0. The van der Waals surface area contributed by atoms with Crippen LogP contribution >= 0.6 is 0 Å². The van der Waals surface area contributed by atoms with E-state index in [1.807, 2.05) is 17.0 Å². The van der Waals surface area contributed by atoms with E-state index in [0.717, 1.165) is 31.5 Å². The Morgan fingerprint density at radius 1 is 0.867 bits per heavy atom. The third-order valence-electron chi connectivity index (χ3n) is 6.05. The fourth-order valence-electron chi connectivity index (χ4n) is 4.23. The van der Waals surface area contributed by atoms with Crippen LogP contribution in [0.2, 0.25) is 0 Å². The average Bonchev–Trinajstić information content (AvgIpc) is 3.59. The molecule has 1 fully saturated rings. The van der Waals surface area contributed by atoms with Gasteiger partial charge in [0.05, 0.1) is 0 Å². The third-order valence-corrected chi connectivity index (χ3v) is 6.05. The molecule has 0 saturated heterocycles. The molecular weight excluding hydrogens is 366 g/mol. The Bertz CT molecular complexity index is 947. The van der Waals surface area contributed by atoms with E-state index in [2.05, 4.69) is 86.6 Å². The Morgan fingerprint density at radius 2 is 1.47 bits per heavy atom. The van der Waals surface area contributed by atoms with Crippen molar-refractivity contribution < 1.29 is 4.79 Å². The number of anilines is 1. The third kappa shape index (κ3) is 4.81. The smallest absolute Gasteiger partial charge is 0.230 e. The molecule has 1 amide bonds. The van der Waals surface area contributed by atoms with E-state index >= 15 is 0 Å². The summed E-state index contributed by atoms with van der Waals surface area (Å²) in [6.07, 6.45) is 3.14. The van der Waals surface area contributed by atoms with Gasteiger partial charge in [0.2, 0.25) is 5.91 Å². The summed E-state index contributed by atoms with van der Waals surface area (Å²) < 4.78 is 0. The highest BCUT2D eigenvalue weighted by molar-refractivity contribution is 5.97. The minimum Gasteiger partial charge on any atom is -0.312 e. The summed E-state index contributed by atoms with van der Waals surface area (Å²) >= 11 is 0. The van der Waals surface area contributed by atoms with Crippen LogP contribution in [0.25, 0.3) is 11.1 Å². The largest absolute Gasteiger partial charge is 0.312 e. The number of benzene rings is 3. The fraction of sp³-hybridized carbons (Fsp3) is 0.321. The first-order chi connectivity index (χ1) is 14.6. The molecule has 1 aliphatic rings. The van der Waals surface area contributed by atoms with Gasteiger partial charge in [0.1, 0.15) is 0 Å². The Kier molecular flexibility index (Phi) is 6.32. The first-order valence-corrected chi connectivity index (χ1v) is 11.2. The summed E-state index contributed by atoms with van der Waals surface area (Å²) in [7, 11) is 0. The highest BCUT2D eigenvalue weighted by atomic mass is 16.2. The first-order valence-electron chi connectivity index (χ1n) is 11.2. The highest BCUT2D eigenvalue weighted by Gasteiger charge is 2.45. The summed E-state index contributed by atoms with van der Waals surface area (Å²) in [6, 6.07) is 29.3. The molecule has 30 heavy (non-hydrogen) atoms. The number of hydrogen-bond donors (Lipinski definition) is 0. The molecule has 4 rings (SSSR count). The summed E-state index contributed by atoms with van der Waals surface area (Å²) in [4.78, 5) is 15.5. The molecular formula is C28H31NO. The van der Waals surface area contributed by atoms with Crippen LogP contribution in [0.15, 0.2) is 84.9 Å². The van der Waals surface area contributed by atoms with Gasteiger partial charge in [0.25, 0.3) is 0 Å². The molecule has 3 aromatic rings. The van der Waals surface area contributed by atoms with Crippen molar-refractivity contribution >= 4 is 11.6 Å². The van der Waals surface area contributed by atoms with Crippen molar-refractivity contribution in [3.05, 3.63) is 90.5 Å². The lowest BCUT2D eigenvalue weighted by Gasteiger charge is -2.24. The van der Waals surface area contributed by atoms with Gasteiger partial charge in [-0.2, -0.15) is 0 Å². The first kappa shape index (κ1) is 20.4. The van der Waals surface area contributed by atoms with E-state index in [1.54, 1.807) is 0 Å². The second-order valence-corrected chi connectivity index (χ2v) is 8.80. The molecule has 0 N–H and O–H groups in total. The fourth-order valence-corrected chi connectivity index (χ4v) is 4.23. The summed E-state index contributed by atoms with van der Waals surface area (Å²) in [5.41, 5.74) is 4.69. The van der Waals surface area contributed by atoms with Crippen LogP contribution < -0.4 is 4.90 Å². The zero-order chi connectivity index (χ0) is 20.9. The van der Waals surface area contributed by atoms with E-state index in [4.69, 9.17) is 0 Å². The predicted octanol–water partition coefficient (Wildman–Crippen LogP) is 6.93. The van der Waals surface area contributed by atoms with E-state index in [0.29, 0.717) is 11.8 Å². The molecule has 0 bridgehead atoms. The van der Waals surface area contributed by atoms with Crippen molar-refractivity contribution in [2.45, 2.75) is 39.0 Å². The second-order valence-electron chi connectivity index (χ2n) is 8.80. The number of amides is 1. The van der Waals surface area contributed by atoms with Crippen LogP contribution in [0.5, 0.6) is 0 Å². The van der Waals surface area contributed by atoms with Crippen molar-refractivity contribution in [1.29, 1.82) is 0 Å². The maximum atomic E-state index is 13.4. The number of rotatable bonds is 8. The molecule has 3 aromatic carbocycles. The highest BCUT2D eigenvalue weighted by Crippen LogP contribution is 2.48. The number of carbonyl (C=O) groups excluding carboxylic acids is 1. The molecule has 0 aliphatic heterocycles. The van der Waals surface area contributed by atoms with Gasteiger partial charge in [-0.3, -0.25) is 4.79 Å². The Morgan fingerprint density at radius 3 is 2.10 bits per heavy atom. The summed E-state index contributed by atoms with van der Waals surface area (Å²) in [6.45, 7) is 5.28. The van der Waals surface area contributed by atoms with Crippen molar-refractivity contribution in [2.24, 2.45) is 11.8 Å². The second kappa shape index (κ2) is 9.30. The summed E-state index contributed by atoms with van der Waals surface area (Å²) in [5, 5.41) is 0. The number of carbonyl (C=O) groups is 1. The lowest BCUT2D eigenvalue weighted by molar-refractivity contribution is -0.119. The molecule has 1 saturated carbocycles. The monoisotopic (exact) mass is 397 g/mol. The lowest BCUT2D eigenvalue weighted by Crippen LogP contribution is -2.33. The minimum atomic E-state index is 0.111. The van der Waals surface area contributed by atoms with E-state index in [-0.39, 0.29) is 11.8 Å². The molecule has 2 nitrogen and oxygen atoms in total. The molecule has 0 unspecified atom stereocenters. The van der Waals surface area contributed by atoms with Gasteiger partial charge in [-0.05, 0) is 59.9 Å².